The second kappa shape index (κ2) is 2.99. The number of halogens is 1. The van der Waals surface area contributed by atoms with E-state index in [2.05, 4.69) is 4.98 Å². The number of aromatic nitrogens is 1. The van der Waals surface area contributed by atoms with Crippen LogP contribution in [0.5, 0.6) is 0 Å². The highest BCUT2D eigenvalue weighted by atomic mass is 35.5. The molecule has 0 spiro atoms. The summed E-state index contributed by atoms with van der Waals surface area (Å²) in [4.78, 5) is 3.97. The second-order valence-electron chi connectivity index (χ2n) is 2.08. The fourth-order valence-corrected chi connectivity index (χ4v) is 0.938. The minimum absolute atomic E-state index is 0.0495. The molecular weight excluding hydrogens is 150 g/mol. The molecule has 10 heavy (non-hydrogen) atoms. The van der Waals surface area contributed by atoms with Crippen LogP contribution in [-0.2, 0) is 6.61 Å². The molecule has 0 aliphatic heterocycles. The van der Waals surface area contributed by atoms with Gasteiger partial charge in [0.05, 0.1) is 6.61 Å². The van der Waals surface area contributed by atoms with Gasteiger partial charge in [-0.05, 0) is 13.0 Å². The second-order valence-corrected chi connectivity index (χ2v) is 2.48. The summed E-state index contributed by atoms with van der Waals surface area (Å²) in [6.45, 7) is 1.80. The molecule has 0 saturated carbocycles. The third kappa shape index (κ3) is 1.46. The first kappa shape index (κ1) is 7.51. The van der Waals surface area contributed by atoms with Crippen LogP contribution in [0, 0.1) is 6.92 Å². The molecule has 54 valence electrons. The Labute approximate surface area is 64.5 Å². The molecular formula is C7H8ClNO. The van der Waals surface area contributed by atoms with Crippen LogP contribution in [0.2, 0.25) is 5.02 Å². The highest BCUT2D eigenvalue weighted by molar-refractivity contribution is 6.31. The van der Waals surface area contributed by atoms with Crippen LogP contribution < -0.4 is 0 Å². The summed E-state index contributed by atoms with van der Waals surface area (Å²) >= 11 is 5.73. The maximum Gasteiger partial charge on any atom is 0.0711 e. The predicted octanol–water partition coefficient (Wildman–Crippen LogP) is 1.54. The molecule has 1 aromatic rings. The molecule has 0 saturated heterocycles. The zero-order chi connectivity index (χ0) is 7.56. The van der Waals surface area contributed by atoms with Crippen LogP contribution in [0.15, 0.2) is 12.3 Å². The standard InChI is InChI=1S/C7H8ClNO/c1-5-2-7(8)6(4-10)3-9-5/h2-3,10H,4H2,1H3. The first-order chi connectivity index (χ1) is 4.74. The van der Waals surface area contributed by atoms with Crippen molar-refractivity contribution in [3.8, 4) is 0 Å². The summed E-state index contributed by atoms with van der Waals surface area (Å²) in [7, 11) is 0. The van der Waals surface area contributed by atoms with Crippen LogP contribution in [0.1, 0.15) is 11.3 Å². The van der Waals surface area contributed by atoms with Gasteiger partial charge in [-0.15, -0.1) is 0 Å². The van der Waals surface area contributed by atoms with Crippen LogP contribution in [0.3, 0.4) is 0 Å². The van der Waals surface area contributed by atoms with Gasteiger partial charge in [0.2, 0.25) is 0 Å². The van der Waals surface area contributed by atoms with Crippen molar-refractivity contribution < 1.29 is 5.11 Å². The minimum Gasteiger partial charge on any atom is -0.392 e. The molecule has 0 atom stereocenters. The van der Waals surface area contributed by atoms with E-state index in [1.165, 1.54) is 0 Å². The highest BCUT2D eigenvalue weighted by Gasteiger charge is 1.97. The largest absolute Gasteiger partial charge is 0.392 e. The molecule has 1 aromatic heterocycles. The van der Waals surface area contributed by atoms with Crippen molar-refractivity contribution in [3.63, 3.8) is 0 Å². The molecule has 0 bridgehead atoms. The summed E-state index contributed by atoms with van der Waals surface area (Å²) < 4.78 is 0. The van der Waals surface area contributed by atoms with Gasteiger partial charge in [-0.1, -0.05) is 11.6 Å². The highest BCUT2D eigenvalue weighted by Crippen LogP contribution is 2.14. The monoisotopic (exact) mass is 157 g/mol. The molecule has 3 heteroatoms. The van der Waals surface area contributed by atoms with Gasteiger partial charge in [0.1, 0.15) is 0 Å². The van der Waals surface area contributed by atoms with E-state index in [4.69, 9.17) is 16.7 Å². The smallest absolute Gasteiger partial charge is 0.0711 e. The quantitative estimate of drug-likeness (QED) is 0.671. The van der Waals surface area contributed by atoms with Gasteiger partial charge in [0.25, 0.3) is 0 Å². The van der Waals surface area contributed by atoms with Gasteiger partial charge in [-0.3, -0.25) is 4.98 Å². The Morgan fingerprint density at radius 3 is 2.90 bits per heavy atom. The molecule has 1 rings (SSSR count). The summed E-state index contributed by atoms with van der Waals surface area (Å²) in [5, 5.41) is 9.26. The van der Waals surface area contributed by atoms with Crippen LogP contribution >= 0.6 is 11.6 Å². The maximum atomic E-state index is 8.68. The van der Waals surface area contributed by atoms with E-state index >= 15 is 0 Å². The lowest BCUT2D eigenvalue weighted by atomic mass is 10.3. The van der Waals surface area contributed by atoms with E-state index in [-0.39, 0.29) is 6.61 Å². The number of aliphatic hydroxyl groups is 1. The first-order valence-electron chi connectivity index (χ1n) is 2.96. The van der Waals surface area contributed by atoms with Gasteiger partial charge in [-0.2, -0.15) is 0 Å². The molecule has 0 unspecified atom stereocenters. The Hall–Kier alpha value is -0.600. The third-order valence-electron chi connectivity index (χ3n) is 1.24. The van der Waals surface area contributed by atoms with E-state index in [1.54, 1.807) is 12.3 Å². The fourth-order valence-electron chi connectivity index (χ4n) is 0.671. The Morgan fingerprint density at radius 2 is 2.40 bits per heavy atom. The summed E-state index contributed by atoms with van der Waals surface area (Å²) in [5.41, 5.74) is 1.54. The average molecular weight is 158 g/mol. The maximum absolute atomic E-state index is 8.68. The lowest BCUT2D eigenvalue weighted by Crippen LogP contribution is -1.88. The minimum atomic E-state index is -0.0495. The number of pyridine rings is 1. The number of hydrogen-bond acceptors (Lipinski definition) is 2. The summed E-state index contributed by atoms with van der Waals surface area (Å²) in [5.74, 6) is 0. The van der Waals surface area contributed by atoms with Gasteiger partial charge in [0, 0.05) is 22.5 Å². The van der Waals surface area contributed by atoms with Crippen LogP contribution in [0.4, 0.5) is 0 Å². The number of aryl methyl sites for hydroxylation is 1. The molecule has 2 nitrogen and oxygen atoms in total. The van der Waals surface area contributed by atoms with Gasteiger partial charge >= 0.3 is 0 Å². The predicted molar refractivity (Wildman–Crippen MR) is 39.9 cm³/mol. The zero-order valence-corrected chi connectivity index (χ0v) is 6.39. The van der Waals surface area contributed by atoms with Crippen molar-refractivity contribution >= 4 is 11.6 Å². The van der Waals surface area contributed by atoms with Gasteiger partial charge in [0.15, 0.2) is 0 Å². The topological polar surface area (TPSA) is 33.1 Å². The van der Waals surface area contributed by atoms with E-state index in [0.29, 0.717) is 10.6 Å². The Bertz CT molecular complexity index is 237. The number of hydrogen-bond donors (Lipinski definition) is 1. The van der Waals surface area contributed by atoms with Crippen molar-refractivity contribution in [1.82, 2.24) is 4.98 Å². The van der Waals surface area contributed by atoms with Crippen LogP contribution in [0.25, 0.3) is 0 Å². The van der Waals surface area contributed by atoms with E-state index in [1.807, 2.05) is 6.92 Å². The third-order valence-corrected chi connectivity index (χ3v) is 1.59. The lowest BCUT2D eigenvalue weighted by Gasteiger charge is -1.98. The van der Waals surface area contributed by atoms with Crippen molar-refractivity contribution in [2.24, 2.45) is 0 Å². The average Bonchev–Trinajstić information content (AvgIpc) is 1.88. The molecule has 1 heterocycles. The van der Waals surface area contributed by atoms with Crippen molar-refractivity contribution in [3.05, 3.63) is 28.5 Å². The lowest BCUT2D eigenvalue weighted by molar-refractivity contribution is 0.281. The summed E-state index contributed by atoms with van der Waals surface area (Å²) in [6, 6.07) is 1.73. The van der Waals surface area contributed by atoms with E-state index in [9.17, 15) is 0 Å². The zero-order valence-electron chi connectivity index (χ0n) is 5.63. The number of rotatable bonds is 1. The molecule has 0 aromatic carbocycles. The van der Waals surface area contributed by atoms with Gasteiger partial charge in [-0.25, -0.2) is 0 Å². The van der Waals surface area contributed by atoms with Crippen molar-refractivity contribution in [2.75, 3.05) is 0 Å². The Balaban J connectivity index is 3.07. The normalized spacial score (nSPS) is 9.90. The number of nitrogens with zero attached hydrogens (tertiary/aromatic N) is 1. The molecule has 0 radical (unpaired) electrons. The van der Waals surface area contributed by atoms with Crippen molar-refractivity contribution in [2.45, 2.75) is 13.5 Å². The Kier molecular flexibility index (Phi) is 2.25. The molecule has 0 aliphatic rings. The first-order valence-corrected chi connectivity index (χ1v) is 3.33. The number of aliphatic hydroxyl groups excluding tert-OH is 1. The van der Waals surface area contributed by atoms with Crippen molar-refractivity contribution in [1.29, 1.82) is 0 Å². The van der Waals surface area contributed by atoms with E-state index in [0.717, 1.165) is 5.69 Å². The van der Waals surface area contributed by atoms with Crippen LogP contribution in [-0.4, -0.2) is 10.1 Å². The molecule has 0 fully saturated rings. The fraction of sp³-hybridized carbons (Fsp3) is 0.286. The van der Waals surface area contributed by atoms with E-state index < -0.39 is 0 Å². The summed E-state index contributed by atoms with van der Waals surface area (Å²) in [6.07, 6.45) is 1.58. The van der Waals surface area contributed by atoms with Gasteiger partial charge < -0.3 is 5.11 Å². The molecule has 1 N–H and O–H groups in total. The molecule has 0 aliphatic carbocycles. The molecule has 0 amide bonds. The Morgan fingerprint density at radius 1 is 1.70 bits per heavy atom. The SMILES string of the molecule is Cc1cc(Cl)c(CO)cn1.